The fraction of sp³-hybridized carbons (Fsp3) is 0.333. The van der Waals surface area contributed by atoms with Gasteiger partial charge in [-0.05, 0) is 74.2 Å². The monoisotopic (exact) mass is 422 g/mol. The average molecular weight is 422 g/mol. The molecular formula is C21H21F3N2O4. The lowest BCUT2D eigenvalue weighted by molar-refractivity contribution is -0.137. The van der Waals surface area contributed by atoms with Crippen LogP contribution in [0.15, 0.2) is 48.5 Å². The number of carboxylic acid groups (broad SMARTS) is 1. The lowest BCUT2D eigenvalue weighted by atomic mass is 9.93. The third-order valence-electron chi connectivity index (χ3n) is 4.88. The summed E-state index contributed by atoms with van der Waals surface area (Å²) in [5, 5.41) is 14.3. The third-order valence-corrected chi connectivity index (χ3v) is 4.88. The summed E-state index contributed by atoms with van der Waals surface area (Å²) in [5.41, 5.74) is -0.305. The van der Waals surface area contributed by atoms with Gasteiger partial charge in [0.05, 0.1) is 17.2 Å². The van der Waals surface area contributed by atoms with Crippen LogP contribution >= 0.6 is 0 Å². The molecule has 0 aromatic heterocycles. The van der Waals surface area contributed by atoms with Crippen LogP contribution in [0.3, 0.4) is 0 Å². The molecule has 30 heavy (non-hydrogen) atoms. The number of halogens is 3. The number of carbonyl (C=O) groups is 2. The smallest absolute Gasteiger partial charge is 0.416 e. The fourth-order valence-electron chi connectivity index (χ4n) is 3.29. The van der Waals surface area contributed by atoms with E-state index >= 15 is 0 Å². The van der Waals surface area contributed by atoms with Crippen molar-refractivity contribution in [3.63, 3.8) is 0 Å². The van der Waals surface area contributed by atoms with E-state index in [2.05, 4.69) is 10.6 Å². The van der Waals surface area contributed by atoms with Crippen LogP contribution in [-0.2, 0) is 6.18 Å². The van der Waals surface area contributed by atoms with Crippen LogP contribution in [0.2, 0.25) is 0 Å². The van der Waals surface area contributed by atoms with Gasteiger partial charge in [0.25, 0.3) is 0 Å². The van der Waals surface area contributed by atoms with Crippen molar-refractivity contribution in [2.45, 2.75) is 44.0 Å². The Balaban J connectivity index is 1.42. The molecule has 3 rings (SSSR count). The maximum Gasteiger partial charge on any atom is 0.416 e. The Hall–Kier alpha value is -3.23. The molecule has 0 unspecified atom stereocenters. The van der Waals surface area contributed by atoms with Crippen LogP contribution in [0.4, 0.5) is 23.7 Å². The number of rotatable bonds is 5. The van der Waals surface area contributed by atoms with Gasteiger partial charge in [-0.1, -0.05) is 0 Å². The molecule has 9 heteroatoms. The summed E-state index contributed by atoms with van der Waals surface area (Å²) in [7, 11) is 0. The summed E-state index contributed by atoms with van der Waals surface area (Å²) in [4.78, 5) is 23.0. The molecule has 0 bridgehead atoms. The van der Waals surface area contributed by atoms with Crippen molar-refractivity contribution in [2.24, 2.45) is 0 Å². The van der Waals surface area contributed by atoms with Crippen LogP contribution in [0.1, 0.15) is 41.6 Å². The van der Waals surface area contributed by atoms with Gasteiger partial charge in [-0.15, -0.1) is 0 Å². The van der Waals surface area contributed by atoms with Crippen molar-refractivity contribution in [1.82, 2.24) is 5.32 Å². The number of amides is 2. The lowest BCUT2D eigenvalue weighted by Crippen LogP contribution is -2.41. The highest BCUT2D eigenvalue weighted by Crippen LogP contribution is 2.30. The van der Waals surface area contributed by atoms with E-state index in [-0.39, 0.29) is 23.4 Å². The number of hydrogen-bond acceptors (Lipinski definition) is 3. The maximum atomic E-state index is 12.6. The van der Waals surface area contributed by atoms with Gasteiger partial charge < -0.3 is 20.5 Å². The number of nitrogens with one attached hydrogen (secondary N) is 2. The van der Waals surface area contributed by atoms with Crippen LogP contribution in [0.25, 0.3) is 0 Å². The van der Waals surface area contributed by atoms with Gasteiger partial charge in [0.15, 0.2) is 0 Å². The Morgan fingerprint density at radius 1 is 0.933 bits per heavy atom. The fourth-order valence-corrected chi connectivity index (χ4v) is 3.29. The Kier molecular flexibility index (Phi) is 6.49. The van der Waals surface area contributed by atoms with Gasteiger partial charge in [-0.2, -0.15) is 13.2 Å². The summed E-state index contributed by atoms with van der Waals surface area (Å²) in [6.07, 6.45) is -1.63. The van der Waals surface area contributed by atoms with Gasteiger partial charge >= 0.3 is 18.2 Å². The molecule has 0 radical (unpaired) electrons. The summed E-state index contributed by atoms with van der Waals surface area (Å²) >= 11 is 0. The second kappa shape index (κ2) is 9.06. The summed E-state index contributed by atoms with van der Waals surface area (Å²) in [6, 6.07) is 9.93. The molecule has 3 N–H and O–H groups in total. The van der Waals surface area contributed by atoms with Crippen LogP contribution < -0.4 is 15.4 Å². The second-order valence-electron chi connectivity index (χ2n) is 7.09. The molecule has 2 aromatic rings. The van der Waals surface area contributed by atoms with E-state index in [1.54, 1.807) is 12.1 Å². The van der Waals surface area contributed by atoms with E-state index in [1.807, 2.05) is 0 Å². The number of carboxylic acids is 1. The zero-order valence-corrected chi connectivity index (χ0v) is 15.9. The molecule has 0 atom stereocenters. The number of ether oxygens (including phenoxy) is 1. The van der Waals surface area contributed by atoms with E-state index in [9.17, 15) is 22.8 Å². The third kappa shape index (κ3) is 5.88. The van der Waals surface area contributed by atoms with Gasteiger partial charge in [0, 0.05) is 11.7 Å². The van der Waals surface area contributed by atoms with Crippen molar-refractivity contribution in [3.05, 3.63) is 59.7 Å². The largest absolute Gasteiger partial charge is 0.490 e. The van der Waals surface area contributed by atoms with Gasteiger partial charge in [0.1, 0.15) is 5.75 Å². The molecule has 1 aliphatic rings. The van der Waals surface area contributed by atoms with Crippen molar-refractivity contribution in [1.29, 1.82) is 0 Å². The Morgan fingerprint density at radius 2 is 1.53 bits per heavy atom. The molecule has 0 heterocycles. The van der Waals surface area contributed by atoms with Crippen LogP contribution in [0.5, 0.6) is 5.75 Å². The molecule has 1 saturated carbocycles. The summed E-state index contributed by atoms with van der Waals surface area (Å²) in [6.45, 7) is 0. The Morgan fingerprint density at radius 3 is 2.07 bits per heavy atom. The minimum Gasteiger partial charge on any atom is -0.490 e. The average Bonchev–Trinajstić information content (AvgIpc) is 2.69. The first kappa shape index (κ1) is 21.5. The second-order valence-corrected chi connectivity index (χ2v) is 7.09. The number of anilines is 1. The Labute approximate surface area is 171 Å². The van der Waals surface area contributed by atoms with Gasteiger partial charge in [-0.25, -0.2) is 9.59 Å². The molecule has 1 fully saturated rings. The number of alkyl halides is 3. The molecule has 0 saturated heterocycles. The number of urea groups is 1. The molecule has 0 aliphatic heterocycles. The van der Waals surface area contributed by atoms with Gasteiger partial charge in [-0.3, -0.25) is 0 Å². The maximum absolute atomic E-state index is 12.6. The van der Waals surface area contributed by atoms with Crippen molar-refractivity contribution in [2.75, 3.05) is 5.32 Å². The zero-order chi connectivity index (χ0) is 21.7. The van der Waals surface area contributed by atoms with Crippen molar-refractivity contribution in [3.8, 4) is 5.75 Å². The number of benzene rings is 2. The zero-order valence-electron chi connectivity index (χ0n) is 15.9. The highest BCUT2D eigenvalue weighted by Gasteiger charge is 2.30. The molecule has 0 spiro atoms. The minimum absolute atomic E-state index is 0.0308. The van der Waals surface area contributed by atoms with E-state index in [1.165, 1.54) is 24.3 Å². The highest BCUT2D eigenvalue weighted by atomic mass is 19.4. The van der Waals surface area contributed by atoms with E-state index in [0.717, 1.165) is 12.1 Å². The van der Waals surface area contributed by atoms with Crippen molar-refractivity contribution >= 4 is 17.7 Å². The first-order valence-electron chi connectivity index (χ1n) is 9.45. The van der Waals surface area contributed by atoms with E-state index < -0.39 is 23.7 Å². The lowest BCUT2D eigenvalue weighted by Gasteiger charge is -2.29. The number of hydrogen-bond donors (Lipinski definition) is 3. The first-order valence-corrected chi connectivity index (χ1v) is 9.45. The standard InChI is InChI=1S/C21H21F3N2O4/c22-21(23,24)14-3-5-15(6-4-14)25-20(29)26-16-7-11-18(12-8-16)30-17-9-1-13(2-10-17)19(27)28/h1-6,9-10,16,18H,7-8,11-12H2,(H,27,28)(H2,25,26,29)/t16-,18-. The highest BCUT2D eigenvalue weighted by molar-refractivity contribution is 5.89. The minimum atomic E-state index is -4.42. The molecule has 6 nitrogen and oxygen atoms in total. The first-order chi connectivity index (χ1) is 14.2. The quantitative estimate of drug-likeness (QED) is 0.639. The predicted octanol–water partition coefficient (Wildman–Crippen LogP) is 4.92. The normalized spacial score (nSPS) is 19.0. The summed E-state index contributed by atoms with van der Waals surface area (Å²) < 4.78 is 43.6. The predicted molar refractivity (Wildman–Crippen MR) is 104 cm³/mol. The molecule has 1 aliphatic carbocycles. The topological polar surface area (TPSA) is 87.7 Å². The number of aromatic carboxylic acids is 1. The molecule has 2 amide bonds. The molecular weight excluding hydrogens is 401 g/mol. The van der Waals surface area contributed by atoms with Crippen LogP contribution in [-0.4, -0.2) is 29.3 Å². The number of carbonyl (C=O) groups excluding carboxylic acids is 1. The van der Waals surface area contributed by atoms with Crippen molar-refractivity contribution < 1.29 is 32.6 Å². The Bertz CT molecular complexity index is 875. The van der Waals surface area contributed by atoms with Gasteiger partial charge in [0.2, 0.25) is 0 Å². The molecule has 160 valence electrons. The van der Waals surface area contributed by atoms with E-state index in [4.69, 9.17) is 9.84 Å². The SMILES string of the molecule is O=C(Nc1ccc(C(F)(F)F)cc1)N[C@H]1CC[C@H](Oc2ccc(C(=O)O)cc2)CC1. The molecule has 2 aromatic carbocycles. The summed E-state index contributed by atoms with van der Waals surface area (Å²) in [5.74, 6) is -0.404. The van der Waals surface area contributed by atoms with E-state index in [0.29, 0.717) is 31.4 Å². The van der Waals surface area contributed by atoms with Crippen LogP contribution in [0, 0.1) is 0 Å².